The molecule has 0 amide bonds. The second-order valence-corrected chi connectivity index (χ2v) is 7.13. The summed E-state index contributed by atoms with van der Waals surface area (Å²) in [4.78, 5) is 13.2. The molecule has 0 spiro atoms. The fraction of sp³-hybridized carbons (Fsp3) is 0.211. The van der Waals surface area contributed by atoms with Gasteiger partial charge in [0, 0.05) is 12.4 Å². The van der Waals surface area contributed by atoms with Crippen LogP contribution in [0.4, 0.5) is 5.82 Å². The van der Waals surface area contributed by atoms with Crippen LogP contribution in [0.25, 0.3) is 11.2 Å². The van der Waals surface area contributed by atoms with Gasteiger partial charge in [-0.25, -0.2) is 4.57 Å². The number of H-pyrrole nitrogens is 1. The van der Waals surface area contributed by atoms with Crippen molar-refractivity contribution < 1.29 is 14.0 Å². The predicted octanol–water partition coefficient (Wildman–Crippen LogP) is 2.50. The molecule has 0 radical (unpaired) electrons. The second kappa shape index (κ2) is 7.81. The number of hydrogen-bond acceptors (Lipinski definition) is 6. The third kappa shape index (κ3) is 3.61. The van der Waals surface area contributed by atoms with Crippen LogP contribution < -0.4 is 19.8 Å². The van der Waals surface area contributed by atoms with Crippen molar-refractivity contribution in [2.24, 2.45) is 0 Å². The van der Waals surface area contributed by atoms with Crippen molar-refractivity contribution in [3.05, 3.63) is 49.1 Å². The van der Waals surface area contributed by atoms with Crippen LogP contribution in [0.2, 0.25) is 0 Å². The largest absolute Gasteiger partial charge is 0.497 e. The average molecular weight is 397 g/mol. The molecule has 0 aliphatic rings. The minimum Gasteiger partial charge on any atom is -0.497 e. The molecular weight excluding hydrogens is 376 g/mol. The Morgan fingerprint density at radius 3 is 2.79 bits per heavy atom. The predicted molar refractivity (Wildman–Crippen MR) is 107 cm³/mol. The van der Waals surface area contributed by atoms with Gasteiger partial charge in [0.05, 0.1) is 32.2 Å². The number of nitrogens with two attached hydrogens (primary N) is 1. The van der Waals surface area contributed by atoms with Gasteiger partial charge in [-0.3, -0.25) is 0 Å². The van der Waals surface area contributed by atoms with E-state index in [1.807, 2.05) is 47.3 Å². The van der Waals surface area contributed by atoms with Crippen LogP contribution in [0.15, 0.2) is 59.1 Å². The number of nitrogen functional groups attached to an aromatic ring is 1. The number of nitrogens with zero attached hydrogens (tertiary/aromatic N) is 4. The molecule has 0 fully saturated rings. The molecular formula is C19H21N6O2S+. The molecule has 0 aliphatic heterocycles. The average Bonchev–Trinajstić information content (AvgIpc) is 3.38. The first-order valence-corrected chi connectivity index (χ1v) is 9.54. The van der Waals surface area contributed by atoms with Crippen LogP contribution in [0.5, 0.6) is 11.5 Å². The molecule has 0 atom stereocenters. The van der Waals surface area contributed by atoms with Crippen LogP contribution in [0, 0.1) is 0 Å². The lowest BCUT2D eigenvalue weighted by molar-refractivity contribution is -0.677. The van der Waals surface area contributed by atoms with Gasteiger partial charge >= 0.3 is 0 Å². The highest BCUT2D eigenvalue weighted by Gasteiger charge is 2.20. The van der Waals surface area contributed by atoms with Crippen LogP contribution in [0.3, 0.4) is 0 Å². The normalized spacial score (nSPS) is 11.1. The zero-order chi connectivity index (χ0) is 19.5. The van der Waals surface area contributed by atoms with Crippen LogP contribution in [-0.2, 0) is 13.1 Å². The van der Waals surface area contributed by atoms with E-state index in [-0.39, 0.29) is 0 Å². The number of methoxy groups -OCH3 is 2. The zero-order valence-electron chi connectivity index (χ0n) is 15.6. The Morgan fingerprint density at radius 1 is 1.21 bits per heavy atom. The Kier molecular flexibility index (Phi) is 5.07. The van der Waals surface area contributed by atoms with Gasteiger partial charge in [-0.1, -0.05) is 9.97 Å². The molecule has 0 saturated heterocycles. The van der Waals surface area contributed by atoms with Crippen molar-refractivity contribution in [3.63, 3.8) is 0 Å². The van der Waals surface area contributed by atoms with E-state index in [0.29, 0.717) is 11.0 Å². The highest BCUT2D eigenvalue weighted by Crippen LogP contribution is 2.36. The molecule has 28 heavy (non-hydrogen) atoms. The van der Waals surface area contributed by atoms with Gasteiger partial charge in [0.15, 0.2) is 5.52 Å². The maximum atomic E-state index is 6.07. The summed E-state index contributed by atoms with van der Waals surface area (Å²) in [5.41, 5.74) is 7.56. The van der Waals surface area contributed by atoms with Crippen LogP contribution >= 0.6 is 11.8 Å². The van der Waals surface area contributed by atoms with E-state index in [1.165, 1.54) is 11.8 Å². The maximum Gasteiger partial charge on any atom is 0.294 e. The Morgan fingerprint density at radius 2 is 2.04 bits per heavy atom. The van der Waals surface area contributed by atoms with E-state index in [4.69, 9.17) is 20.2 Å². The van der Waals surface area contributed by atoms with Gasteiger partial charge in [0.25, 0.3) is 5.65 Å². The molecule has 9 heteroatoms. The summed E-state index contributed by atoms with van der Waals surface area (Å²) in [6.45, 7) is 1.55. The van der Waals surface area contributed by atoms with Gasteiger partial charge < -0.3 is 24.8 Å². The smallest absolute Gasteiger partial charge is 0.294 e. The number of aromatic amines is 1. The van der Waals surface area contributed by atoms with Crippen LogP contribution in [-0.4, -0.2) is 33.7 Å². The highest BCUT2D eigenvalue weighted by molar-refractivity contribution is 7.99. The van der Waals surface area contributed by atoms with Gasteiger partial charge in [0.1, 0.15) is 11.5 Å². The van der Waals surface area contributed by atoms with Crippen molar-refractivity contribution >= 4 is 28.7 Å². The number of aryl methyl sites for hydroxylation is 2. The molecule has 0 bridgehead atoms. The monoisotopic (exact) mass is 397 g/mol. The first-order chi connectivity index (χ1) is 13.7. The number of rotatable bonds is 7. The Bertz CT molecular complexity index is 1090. The Labute approximate surface area is 166 Å². The molecule has 0 saturated carbocycles. The van der Waals surface area contributed by atoms with Gasteiger partial charge in [0.2, 0.25) is 17.3 Å². The summed E-state index contributed by atoms with van der Waals surface area (Å²) >= 11 is 1.45. The second-order valence-electron chi connectivity index (χ2n) is 6.10. The highest BCUT2D eigenvalue weighted by atomic mass is 32.2. The first-order valence-electron chi connectivity index (χ1n) is 8.72. The standard InChI is InChI=1S/C19H20N6O2S/c1-26-13-5-6-14(27-2)15(11-13)28-19-22-16-17(20)21-12-25(18(16)23-19)10-9-24-7-3-4-8-24/h3-8,11-12H,9-10H2,1-2H3,(H2,20,22,23)/p+1. The minimum absolute atomic E-state index is 0.421. The lowest BCUT2D eigenvalue weighted by atomic mass is 10.3. The number of ether oxygens (including phenoxy) is 2. The van der Waals surface area contributed by atoms with E-state index >= 15 is 0 Å². The van der Waals surface area contributed by atoms with Crippen molar-refractivity contribution in [1.82, 2.24) is 19.5 Å². The van der Waals surface area contributed by atoms with Gasteiger partial charge in [-0.2, -0.15) is 0 Å². The molecule has 1 aromatic carbocycles. The summed E-state index contributed by atoms with van der Waals surface area (Å²) in [6, 6.07) is 9.66. The Hall–Kier alpha value is -3.20. The number of imidazole rings is 1. The number of aromatic nitrogens is 5. The fourth-order valence-corrected chi connectivity index (χ4v) is 3.82. The number of benzene rings is 1. The van der Waals surface area contributed by atoms with E-state index in [9.17, 15) is 0 Å². The molecule has 3 heterocycles. The SMILES string of the molecule is COc1ccc(OC)c(Sc2nc3c([nH]2)c(N)nc[n+]3CCn2cccc2)c1. The van der Waals surface area contributed by atoms with Crippen molar-refractivity contribution in [3.8, 4) is 11.5 Å². The third-order valence-electron chi connectivity index (χ3n) is 4.37. The van der Waals surface area contributed by atoms with Crippen molar-refractivity contribution in [1.29, 1.82) is 0 Å². The van der Waals surface area contributed by atoms with E-state index in [1.54, 1.807) is 20.5 Å². The third-order valence-corrected chi connectivity index (χ3v) is 5.30. The summed E-state index contributed by atoms with van der Waals surface area (Å²) < 4.78 is 14.9. The lowest BCUT2D eigenvalue weighted by Crippen LogP contribution is -2.37. The summed E-state index contributed by atoms with van der Waals surface area (Å²) in [6.07, 6.45) is 5.79. The quantitative estimate of drug-likeness (QED) is 0.465. The van der Waals surface area contributed by atoms with E-state index < -0.39 is 0 Å². The molecule has 144 valence electrons. The maximum absolute atomic E-state index is 6.07. The summed E-state index contributed by atoms with van der Waals surface area (Å²) in [5.74, 6) is 1.92. The molecule has 8 nitrogen and oxygen atoms in total. The van der Waals surface area contributed by atoms with Crippen molar-refractivity contribution in [2.45, 2.75) is 23.1 Å². The minimum atomic E-state index is 0.421. The lowest BCUT2D eigenvalue weighted by Gasteiger charge is -2.07. The first kappa shape index (κ1) is 18.2. The summed E-state index contributed by atoms with van der Waals surface area (Å²) in [7, 11) is 3.28. The van der Waals surface area contributed by atoms with E-state index in [0.717, 1.165) is 40.6 Å². The molecule has 3 N–H and O–H groups in total. The topological polar surface area (TPSA) is 94.9 Å². The van der Waals surface area contributed by atoms with Gasteiger partial charge in [-0.15, -0.1) is 0 Å². The zero-order valence-corrected chi connectivity index (χ0v) is 16.4. The molecule has 3 aromatic heterocycles. The van der Waals surface area contributed by atoms with Crippen molar-refractivity contribution in [2.75, 3.05) is 20.0 Å². The molecule has 4 aromatic rings. The van der Waals surface area contributed by atoms with E-state index in [2.05, 4.69) is 14.5 Å². The summed E-state index contributed by atoms with van der Waals surface area (Å²) in [5, 5.41) is 0.705. The number of fused-ring (bicyclic) bond motifs is 1. The number of nitrogens with one attached hydrogen (secondary N) is 1. The molecule has 0 aliphatic carbocycles. The molecule has 0 unspecified atom stereocenters. The van der Waals surface area contributed by atoms with Gasteiger partial charge in [-0.05, 0) is 42.1 Å². The number of anilines is 1. The fourth-order valence-electron chi connectivity index (χ4n) is 2.90. The molecule has 4 rings (SSSR count). The van der Waals surface area contributed by atoms with Crippen LogP contribution in [0.1, 0.15) is 0 Å². The Balaban J connectivity index is 1.66. The number of hydrogen-bond donors (Lipinski definition) is 2.